The van der Waals surface area contributed by atoms with Crippen molar-refractivity contribution < 1.29 is 9.31 Å². The van der Waals surface area contributed by atoms with E-state index in [2.05, 4.69) is 48.5 Å². The minimum absolute atomic E-state index is 0.0467. The van der Waals surface area contributed by atoms with Gasteiger partial charge in [-0.15, -0.1) is 0 Å². The molecule has 0 aromatic carbocycles. The topological polar surface area (TPSA) is 18.5 Å². The molecule has 3 heteroatoms. The molecule has 0 N–H and O–H groups in total. The van der Waals surface area contributed by atoms with E-state index < -0.39 is 0 Å². The van der Waals surface area contributed by atoms with E-state index in [-0.39, 0.29) is 23.6 Å². The highest BCUT2D eigenvalue weighted by Crippen LogP contribution is 2.44. The van der Waals surface area contributed by atoms with E-state index in [1.807, 2.05) is 0 Å². The summed E-state index contributed by atoms with van der Waals surface area (Å²) >= 11 is 0. The smallest absolute Gasteiger partial charge is 0.403 e. The van der Waals surface area contributed by atoms with Crippen molar-refractivity contribution in [3.05, 3.63) is 0 Å². The van der Waals surface area contributed by atoms with Crippen LogP contribution in [0.3, 0.4) is 0 Å². The maximum atomic E-state index is 5.91. The predicted octanol–water partition coefficient (Wildman–Crippen LogP) is 2.88. The van der Waals surface area contributed by atoms with Crippen molar-refractivity contribution in [3.8, 4) is 0 Å². The van der Waals surface area contributed by atoms with Crippen LogP contribution in [0.4, 0.5) is 0 Å². The fourth-order valence-electron chi connectivity index (χ4n) is 1.20. The Morgan fingerprint density at radius 2 is 1.15 bits per heavy atom. The molecule has 1 heterocycles. The largest absolute Gasteiger partial charge is 0.463 e. The van der Waals surface area contributed by atoms with E-state index >= 15 is 0 Å². The van der Waals surface area contributed by atoms with Crippen LogP contribution in [0.1, 0.15) is 48.5 Å². The number of hydrogen-bond donors (Lipinski definition) is 0. The first-order valence-corrected chi connectivity index (χ1v) is 4.92. The molecule has 1 rings (SSSR count). The van der Waals surface area contributed by atoms with Gasteiger partial charge in [0.05, 0.1) is 11.2 Å². The molecule has 0 amide bonds. The second-order valence-corrected chi connectivity index (χ2v) is 5.95. The Morgan fingerprint density at radius 3 is 1.31 bits per heavy atom. The lowest BCUT2D eigenvalue weighted by Gasteiger charge is -2.32. The van der Waals surface area contributed by atoms with Crippen molar-refractivity contribution in [2.75, 3.05) is 0 Å². The summed E-state index contributed by atoms with van der Waals surface area (Å²) in [7, 11) is -0.0995. The zero-order valence-electron chi connectivity index (χ0n) is 9.89. The fraction of sp³-hybridized carbons (Fsp3) is 1.00. The molecule has 1 saturated heterocycles. The highest BCUT2D eigenvalue weighted by atomic mass is 16.7. The Kier molecular flexibility index (Phi) is 2.33. The summed E-state index contributed by atoms with van der Waals surface area (Å²) in [5.41, 5.74) is -0.407. The van der Waals surface area contributed by atoms with Crippen LogP contribution in [0.2, 0.25) is 5.31 Å². The Bertz CT molecular complexity index is 187. The molecule has 1 fully saturated rings. The molecule has 0 saturated carbocycles. The molecule has 76 valence electrons. The molecule has 0 aromatic rings. The van der Waals surface area contributed by atoms with E-state index in [0.717, 1.165) is 0 Å². The van der Waals surface area contributed by atoms with Crippen LogP contribution in [0, 0.1) is 0 Å². The summed E-state index contributed by atoms with van der Waals surface area (Å²) in [6, 6.07) is 0. The third-order valence-corrected chi connectivity index (χ3v) is 2.96. The van der Waals surface area contributed by atoms with Crippen LogP contribution in [0.5, 0.6) is 0 Å². The van der Waals surface area contributed by atoms with E-state index in [1.165, 1.54) is 0 Å². The van der Waals surface area contributed by atoms with Gasteiger partial charge < -0.3 is 9.31 Å². The zero-order valence-corrected chi connectivity index (χ0v) is 9.89. The van der Waals surface area contributed by atoms with Crippen molar-refractivity contribution in [3.63, 3.8) is 0 Å². The highest BCUT2D eigenvalue weighted by molar-refractivity contribution is 6.49. The van der Waals surface area contributed by atoms with Gasteiger partial charge in [0.25, 0.3) is 0 Å². The first kappa shape index (κ1) is 11.1. The molecule has 1 aliphatic heterocycles. The van der Waals surface area contributed by atoms with Gasteiger partial charge in [0.15, 0.2) is 0 Å². The van der Waals surface area contributed by atoms with E-state index in [0.29, 0.717) is 0 Å². The summed E-state index contributed by atoms with van der Waals surface area (Å²) in [6.07, 6.45) is 0. The average molecular weight is 184 g/mol. The van der Waals surface area contributed by atoms with Crippen molar-refractivity contribution >= 4 is 7.12 Å². The standard InChI is InChI=1S/C10H21BO2/c1-8(2,3)11-12-9(4,5)10(6,7)13-11/h1-7H3. The van der Waals surface area contributed by atoms with Crippen LogP contribution in [0.15, 0.2) is 0 Å². The molecule has 0 spiro atoms. The van der Waals surface area contributed by atoms with Crippen LogP contribution in [0.25, 0.3) is 0 Å². The van der Waals surface area contributed by atoms with Crippen molar-refractivity contribution in [2.45, 2.75) is 65.0 Å². The summed E-state index contributed by atoms with van der Waals surface area (Å²) in [4.78, 5) is 0. The molecule has 0 unspecified atom stereocenters. The average Bonchev–Trinajstić information content (AvgIpc) is 2.00. The Balaban J connectivity index is 2.83. The second kappa shape index (κ2) is 2.74. The predicted molar refractivity (Wildman–Crippen MR) is 55.8 cm³/mol. The first-order chi connectivity index (χ1) is 5.56. The van der Waals surface area contributed by atoms with Crippen LogP contribution >= 0.6 is 0 Å². The number of rotatable bonds is 0. The summed E-state index contributed by atoms with van der Waals surface area (Å²) in [6.45, 7) is 14.7. The molecule has 0 atom stereocenters. The third kappa shape index (κ3) is 1.91. The molecular weight excluding hydrogens is 163 g/mol. The first-order valence-electron chi connectivity index (χ1n) is 4.92. The van der Waals surface area contributed by atoms with Gasteiger partial charge in [0, 0.05) is 0 Å². The molecule has 13 heavy (non-hydrogen) atoms. The van der Waals surface area contributed by atoms with Gasteiger partial charge in [-0.25, -0.2) is 0 Å². The molecular formula is C10H21BO2. The maximum absolute atomic E-state index is 5.91. The summed E-state index contributed by atoms with van der Waals surface area (Å²) in [5.74, 6) is 0. The molecule has 0 aromatic heterocycles. The molecule has 0 bridgehead atoms. The van der Waals surface area contributed by atoms with Crippen LogP contribution < -0.4 is 0 Å². The Labute approximate surface area is 82.1 Å². The minimum atomic E-state index is -0.203. The Morgan fingerprint density at radius 1 is 0.846 bits per heavy atom. The van der Waals surface area contributed by atoms with E-state index in [9.17, 15) is 0 Å². The molecule has 0 radical (unpaired) electrons. The fourth-order valence-corrected chi connectivity index (χ4v) is 1.20. The second-order valence-electron chi connectivity index (χ2n) is 5.95. The Hall–Kier alpha value is -0.0151. The zero-order chi connectivity index (χ0) is 10.5. The van der Waals surface area contributed by atoms with Gasteiger partial charge in [0.1, 0.15) is 0 Å². The van der Waals surface area contributed by atoms with Crippen LogP contribution in [-0.4, -0.2) is 18.3 Å². The monoisotopic (exact) mass is 184 g/mol. The minimum Gasteiger partial charge on any atom is -0.403 e. The highest BCUT2D eigenvalue weighted by Gasteiger charge is 2.54. The van der Waals surface area contributed by atoms with Crippen molar-refractivity contribution in [1.82, 2.24) is 0 Å². The van der Waals surface area contributed by atoms with Gasteiger partial charge in [0.2, 0.25) is 0 Å². The third-order valence-electron chi connectivity index (χ3n) is 2.96. The summed E-state index contributed by atoms with van der Waals surface area (Å²) < 4.78 is 11.8. The maximum Gasteiger partial charge on any atom is 0.463 e. The lowest BCUT2D eigenvalue weighted by Crippen LogP contribution is -2.41. The molecule has 2 nitrogen and oxygen atoms in total. The normalized spacial score (nSPS) is 26.5. The van der Waals surface area contributed by atoms with Gasteiger partial charge in [-0.1, -0.05) is 20.8 Å². The van der Waals surface area contributed by atoms with Gasteiger partial charge in [-0.3, -0.25) is 0 Å². The lowest BCUT2D eigenvalue weighted by atomic mass is 9.61. The van der Waals surface area contributed by atoms with Gasteiger partial charge in [-0.05, 0) is 33.0 Å². The summed E-state index contributed by atoms with van der Waals surface area (Å²) in [5, 5.41) is 0.0467. The van der Waals surface area contributed by atoms with E-state index in [4.69, 9.17) is 9.31 Å². The van der Waals surface area contributed by atoms with Crippen molar-refractivity contribution in [2.24, 2.45) is 0 Å². The quantitative estimate of drug-likeness (QED) is 0.539. The van der Waals surface area contributed by atoms with Crippen molar-refractivity contribution in [1.29, 1.82) is 0 Å². The molecule has 1 aliphatic rings. The number of hydrogen-bond acceptors (Lipinski definition) is 2. The van der Waals surface area contributed by atoms with Gasteiger partial charge >= 0.3 is 7.12 Å². The molecule has 0 aliphatic carbocycles. The SMILES string of the molecule is CC(C)(C)B1OC(C)(C)C(C)(C)O1. The van der Waals surface area contributed by atoms with E-state index in [1.54, 1.807) is 0 Å². The van der Waals surface area contributed by atoms with Crippen LogP contribution in [-0.2, 0) is 9.31 Å². The van der Waals surface area contributed by atoms with Gasteiger partial charge in [-0.2, -0.15) is 0 Å². The lowest BCUT2D eigenvalue weighted by molar-refractivity contribution is 0.00578.